The van der Waals surface area contributed by atoms with E-state index in [2.05, 4.69) is 94.7 Å². The zero-order chi connectivity index (χ0) is 24.7. The Morgan fingerprint density at radius 1 is 0.781 bits per heavy atom. The van der Waals surface area contributed by atoms with Crippen molar-refractivity contribution in [1.82, 2.24) is 0 Å². The highest BCUT2D eigenvalue weighted by Gasteiger charge is 2.45. The number of hydrogen-bond acceptors (Lipinski definition) is 2. The Bertz CT molecular complexity index is 810. The van der Waals surface area contributed by atoms with E-state index in [1.165, 1.54) is 5.57 Å². The molecule has 0 aromatic carbocycles. The number of rotatable bonds is 8. The van der Waals surface area contributed by atoms with E-state index in [0.29, 0.717) is 0 Å². The van der Waals surface area contributed by atoms with Crippen LogP contribution in [0.4, 0.5) is 0 Å². The summed E-state index contributed by atoms with van der Waals surface area (Å²) in [6, 6.07) is 0. The molecule has 2 atom stereocenters. The van der Waals surface area contributed by atoms with Crippen molar-refractivity contribution in [3.63, 3.8) is 0 Å². The normalized spacial score (nSPS) is 23.6. The Labute approximate surface area is 198 Å². The quantitative estimate of drug-likeness (QED) is 0.350. The third kappa shape index (κ3) is 6.00. The average Bonchev–Trinajstić information content (AvgIpc) is 3.05. The van der Waals surface area contributed by atoms with Crippen LogP contribution in [-0.4, -0.2) is 0 Å². The molecule has 2 unspecified atom stereocenters. The van der Waals surface area contributed by atoms with E-state index in [0.717, 1.165) is 55.1 Å². The zero-order valence-electron chi connectivity index (χ0n) is 22.4. The molecule has 2 heterocycles. The molecule has 2 heteroatoms. The van der Waals surface area contributed by atoms with Crippen molar-refractivity contribution in [2.24, 2.45) is 33.5 Å². The van der Waals surface area contributed by atoms with Gasteiger partial charge in [-0.15, -0.1) is 0 Å². The summed E-state index contributed by atoms with van der Waals surface area (Å²) < 4.78 is 11.4. The molecule has 180 valence electrons. The first-order valence-corrected chi connectivity index (χ1v) is 12.1. The van der Waals surface area contributed by atoms with Crippen molar-refractivity contribution in [3.05, 3.63) is 61.0 Å². The summed E-state index contributed by atoms with van der Waals surface area (Å²) in [7, 11) is 0. The van der Waals surface area contributed by atoms with Crippen molar-refractivity contribution in [2.45, 2.75) is 94.4 Å². The van der Waals surface area contributed by atoms with E-state index in [1.807, 2.05) is 0 Å². The molecular weight excluding hydrogens is 392 g/mol. The van der Waals surface area contributed by atoms with Crippen LogP contribution in [0.1, 0.15) is 94.4 Å². The van der Waals surface area contributed by atoms with Gasteiger partial charge in [-0.3, -0.25) is 0 Å². The van der Waals surface area contributed by atoms with Gasteiger partial charge in [-0.05, 0) is 40.9 Å². The van der Waals surface area contributed by atoms with Gasteiger partial charge in [-0.2, -0.15) is 0 Å². The SMILES string of the molecule is C=C1CC(/C=C(\CC2CC(=C)OC2=C)CC(C)(C)C(C)(C)CC(C)(C)C(C)(C)C)C(=C)O1. The molecule has 0 bridgehead atoms. The van der Waals surface area contributed by atoms with Crippen molar-refractivity contribution < 1.29 is 9.47 Å². The maximum absolute atomic E-state index is 5.71. The molecule has 2 nitrogen and oxygen atoms in total. The highest BCUT2D eigenvalue weighted by atomic mass is 16.5. The minimum atomic E-state index is 0.108. The predicted molar refractivity (Wildman–Crippen MR) is 138 cm³/mol. The van der Waals surface area contributed by atoms with Gasteiger partial charge in [0.1, 0.15) is 11.5 Å². The molecule has 32 heavy (non-hydrogen) atoms. The van der Waals surface area contributed by atoms with E-state index in [-0.39, 0.29) is 33.5 Å². The van der Waals surface area contributed by atoms with Crippen LogP contribution >= 0.6 is 0 Å². The lowest BCUT2D eigenvalue weighted by atomic mass is 9.54. The third-order valence-corrected chi connectivity index (χ3v) is 8.70. The molecule has 2 saturated heterocycles. The van der Waals surface area contributed by atoms with Crippen molar-refractivity contribution in [1.29, 1.82) is 0 Å². The second-order valence-corrected chi connectivity index (χ2v) is 13.2. The topological polar surface area (TPSA) is 18.5 Å². The smallest absolute Gasteiger partial charge is 0.104 e. The van der Waals surface area contributed by atoms with Gasteiger partial charge in [-0.1, -0.05) is 100 Å². The van der Waals surface area contributed by atoms with Crippen LogP contribution < -0.4 is 0 Å². The minimum absolute atomic E-state index is 0.108. The molecule has 0 aromatic heterocycles. The van der Waals surface area contributed by atoms with E-state index in [4.69, 9.17) is 9.47 Å². The number of hydrogen-bond donors (Lipinski definition) is 0. The standard InChI is InChI=1S/C30H48O2/c1-20-14-25(22(3)31-20)16-24(17-26-15-21(2)32-23(26)4)18-28(8,9)30(12,13)19-29(10,11)27(5,6)7/h16,25-26H,1-4,14-15,17-19H2,5-13H3/b24-16+. The third-order valence-electron chi connectivity index (χ3n) is 8.70. The van der Waals surface area contributed by atoms with E-state index < -0.39 is 0 Å². The predicted octanol–water partition coefficient (Wildman–Crippen LogP) is 9.34. The molecular formula is C30H48O2. The summed E-state index contributed by atoms with van der Waals surface area (Å²) in [6.07, 6.45) is 7.18. The summed E-state index contributed by atoms with van der Waals surface area (Å²) in [6.45, 7) is 38.0. The van der Waals surface area contributed by atoms with Crippen molar-refractivity contribution >= 4 is 0 Å². The van der Waals surface area contributed by atoms with Crippen LogP contribution in [0.5, 0.6) is 0 Å². The first kappa shape index (κ1) is 26.6. The maximum Gasteiger partial charge on any atom is 0.104 e. The summed E-state index contributed by atoms with van der Waals surface area (Å²) in [5, 5.41) is 0. The number of allylic oxidation sites excluding steroid dienone is 5. The van der Waals surface area contributed by atoms with Crippen LogP contribution in [0.2, 0.25) is 0 Å². The lowest BCUT2D eigenvalue weighted by Gasteiger charge is -2.50. The molecule has 2 fully saturated rings. The van der Waals surface area contributed by atoms with Crippen LogP contribution in [-0.2, 0) is 9.47 Å². The summed E-state index contributed by atoms with van der Waals surface area (Å²) in [4.78, 5) is 0. The summed E-state index contributed by atoms with van der Waals surface area (Å²) in [5.41, 5.74) is 2.18. The maximum atomic E-state index is 5.71. The van der Waals surface area contributed by atoms with Gasteiger partial charge in [0.15, 0.2) is 0 Å². The summed E-state index contributed by atoms with van der Waals surface area (Å²) in [5.74, 6) is 3.78. The first-order chi connectivity index (χ1) is 14.3. The van der Waals surface area contributed by atoms with Crippen LogP contribution in [0.15, 0.2) is 61.0 Å². The Kier molecular flexibility index (Phi) is 7.40. The molecule has 0 amide bonds. The molecule has 2 rings (SSSR count). The molecule has 0 radical (unpaired) electrons. The molecule has 0 N–H and O–H groups in total. The van der Waals surface area contributed by atoms with Crippen LogP contribution in [0, 0.1) is 33.5 Å². The molecule has 2 aliphatic heterocycles. The minimum Gasteiger partial charge on any atom is -0.467 e. The molecule has 0 spiro atoms. The van der Waals surface area contributed by atoms with Crippen molar-refractivity contribution in [3.8, 4) is 0 Å². The highest BCUT2D eigenvalue weighted by Crippen LogP contribution is 2.55. The van der Waals surface area contributed by atoms with E-state index in [9.17, 15) is 0 Å². The Morgan fingerprint density at radius 3 is 1.75 bits per heavy atom. The molecule has 0 aliphatic carbocycles. The fourth-order valence-electron chi connectivity index (χ4n) is 4.92. The van der Waals surface area contributed by atoms with Gasteiger partial charge in [0.25, 0.3) is 0 Å². The molecule has 2 aliphatic rings. The highest BCUT2D eigenvalue weighted by molar-refractivity contribution is 5.23. The van der Waals surface area contributed by atoms with E-state index >= 15 is 0 Å². The second kappa shape index (κ2) is 8.92. The molecule has 0 saturated carbocycles. The zero-order valence-corrected chi connectivity index (χ0v) is 22.4. The largest absolute Gasteiger partial charge is 0.467 e. The lowest BCUT2D eigenvalue weighted by molar-refractivity contribution is 0.00192. The monoisotopic (exact) mass is 440 g/mol. The first-order valence-electron chi connectivity index (χ1n) is 12.1. The van der Waals surface area contributed by atoms with E-state index in [1.54, 1.807) is 0 Å². The fraction of sp³-hybridized carbons (Fsp3) is 0.667. The Hall–Kier alpha value is -1.70. The molecule has 0 aromatic rings. The van der Waals surface area contributed by atoms with Gasteiger partial charge in [0.05, 0.1) is 11.5 Å². The van der Waals surface area contributed by atoms with Gasteiger partial charge in [0.2, 0.25) is 0 Å². The van der Waals surface area contributed by atoms with Crippen LogP contribution in [0.25, 0.3) is 0 Å². The lowest BCUT2D eigenvalue weighted by Crippen LogP contribution is -2.41. The summed E-state index contributed by atoms with van der Waals surface area (Å²) >= 11 is 0. The van der Waals surface area contributed by atoms with Gasteiger partial charge in [-0.25, -0.2) is 0 Å². The van der Waals surface area contributed by atoms with Gasteiger partial charge < -0.3 is 9.47 Å². The van der Waals surface area contributed by atoms with Crippen molar-refractivity contribution in [2.75, 3.05) is 0 Å². The van der Waals surface area contributed by atoms with Gasteiger partial charge >= 0.3 is 0 Å². The Balaban J connectivity index is 2.32. The number of ether oxygens (including phenoxy) is 2. The van der Waals surface area contributed by atoms with Gasteiger partial charge in [0, 0.05) is 24.7 Å². The van der Waals surface area contributed by atoms with Crippen LogP contribution in [0.3, 0.4) is 0 Å². The fourth-order valence-corrected chi connectivity index (χ4v) is 4.92. The Morgan fingerprint density at radius 2 is 1.31 bits per heavy atom. The average molecular weight is 441 g/mol. The second-order valence-electron chi connectivity index (χ2n) is 13.2.